The normalized spacial score (nSPS) is 15.3. The van der Waals surface area contributed by atoms with Gasteiger partial charge in [0.05, 0.1) is 11.5 Å². The lowest BCUT2D eigenvalue weighted by Crippen LogP contribution is -2.11. The zero-order valence-electron chi connectivity index (χ0n) is 4.35. The fraction of sp³-hybridized carbons (Fsp3) is 1.00. The lowest BCUT2D eigenvalue weighted by molar-refractivity contribution is 0.483. The van der Waals surface area contributed by atoms with E-state index in [1.54, 1.807) is 0 Å². The Labute approximate surface area is 55.1 Å². The summed E-state index contributed by atoms with van der Waals surface area (Å²) in [5, 5.41) is 0. The van der Waals surface area contributed by atoms with Crippen molar-refractivity contribution in [3.63, 3.8) is 0 Å². The Morgan fingerprint density at radius 2 is 1.89 bits per heavy atom. The SMILES string of the molecule is O=S(O)CCS(=O)(=O)O. The fourth-order valence-electron chi connectivity index (χ4n) is 0.177. The molecule has 0 spiro atoms. The van der Waals surface area contributed by atoms with Gasteiger partial charge >= 0.3 is 0 Å². The molecule has 0 fully saturated rings. The third kappa shape index (κ3) is 8.02. The van der Waals surface area contributed by atoms with Gasteiger partial charge in [0, 0.05) is 0 Å². The van der Waals surface area contributed by atoms with Gasteiger partial charge in [-0.1, -0.05) is 0 Å². The van der Waals surface area contributed by atoms with E-state index in [0.717, 1.165) is 0 Å². The van der Waals surface area contributed by atoms with Crippen molar-refractivity contribution >= 4 is 21.2 Å². The second-order valence-corrected chi connectivity index (χ2v) is 3.93. The Balaban J connectivity index is 3.67. The van der Waals surface area contributed by atoms with Crippen molar-refractivity contribution < 1.29 is 21.7 Å². The highest BCUT2D eigenvalue weighted by Gasteiger charge is 2.05. The minimum absolute atomic E-state index is 0.446. The zero-order chi connectivity index (χ0) is 7.49. The predicted molar refractivity (Wildman–Crippen MR) is 32.1 cm³/mol. The molecule has 0 aliphatic carbocycles. The molecule has 56 valence electrons. The largest absolute Gasteiger partial charge is 0.306 e. The van der Waals surface area contributed by atoms with Crippen LogP contribution in [0.3, 0.4) is 0 Å². The zero-order valence-corrected chi connectivity index (χ0v) is 5.98. The third-order valence-corrected chi connectivity index (χ3v) is 2.05. The first-order valence-electron chi connectivity index (χ1n) is 1.94. The van der Waals surface area contributed by atoms with Crippen molar-refractivity contribution in [2.75, 3.05) is 11.5 Å². The van der Waals surface area contributed by atoms with E-state index in [0.29, 0.717) is 0 Å². The summed E-state index contributed by atoms with van der Waals surface area (Å²) in [4.78, 5) is 0. The molecule has 0 aromatic rings. The van der Waals surface area contributed by atoms with E-state index in [9.17, 15) is 12.6 Å². The molecule has 0 bridgehead atoms. The maximum atomic E-state index is 9.85. The number of hydrogen-bond donors (Lipinski definition) is 2. The van der Waals surface area contributed by atoms with Crippen LogP contribution < -0.4 is 0 Å². The molecule has 0 aliphatic rings. The molecule has 0 radical (unpaired) electrons. The number of hydrogen-bond acceptors (Lipinski definition) is 3. The molecule has 1 unspecified atom stereocenters. The van der Waals surface area contributed by atoms with E-state index >= 15 is 0 Å². The maximum Gasteiger partial charge on any atom is 0.265 e. The molecule has 0 amide bonds. The standard InChI is InChI=1S/C2H6O5S2/c3-8(4)1-2-9(5,6)7/h1-2H2,(H,3,4)(H,5,6,7). The Bertz CT molecular complexity index is 191. The first kappa shape index (κ1) is 9.02. The van der Waals surface area contributed by atoms with Crippen LogP contribution in [0.5, 0.6) is 0 Å². The summed E-state index contributed by atoms with van der Waals surface area (Å²) in [5.41, 5.74) is 0. The van der Waals surface area contributed by atoms with Crippen LogP contribution in [0.25, 0.3) is 0 Å². The molecule has 0 rings (SSSR count). The summed E-state index contributed by atoms with van der Waals surface area (Å²) < 4.78 is 45.5. The molecule has 0 aromatic heterocycles. The van der Waals surface area contributed by atoms with Gasteiger partial charge in [-0.05, 0) is 0 Å². The van der Waals surface area contributed by atoms with Gasteiger partial charge in [0.25, 0.3) is 10.1 Å². The minimum atomic E-state index is -4.07. The maximum absolute atomic E-state index is 9.85. The molecular weight excluding hydrogens is 168 g/mol. The molecular formula is C2H6O5S2. The molecule has 0 heterocycles. The highest BCUT2D eigenvalue weighted by atomic mass is 32.2. The van der Waals surface area contributed by atoms with Gasteiger partial charge in [-0.25, -0.2) is 4.21 Å². The van der Waals surface area contributed by atoms with Crippen molar-refractivity contribution in [3.05, 3.63) is 0 Å². The first-order chi connectivity index (χ1) is 3.92. The molecule has 7 heteroatoms. The molecule has 0 saturated carbocycles. The second-order valence-electron chi connectivity index (χ2n) is 1.31. The lowest BCUT2D eigenvalue weighted by Gasteiger charge is -1.90. The van der Waals surface area contributed by atoms with Crippen LogP contribution in [-0.4, -0.2) is 33.2 Å². The van der Waals surface area contributed by atoms with E-state index in [-0.39, 0.29) is 0 Å². The first-order valence-corrected chi connectivity index (χ1v) is 4.83. The summed E-state index contributed by atoms with van der Waals surface area (Å²) in [5.74, 6) is -1.12. The van der Waals surface area contributed by atoms with Crippen LogP contribution >= 0.6 is 0 Å². The van der Waals surface area contributed by atoms with Gasteiger partial charge < -0.3 is 4.55 Å². The van der Waals surface area contributed by atoms with Crippen LogP contribution in [0.2, 0.25) is 0 Å². The van der Waals surface area contributed by atoms with Crippen LogP contribution in [0.15, 0.2) is 0 Å². The summed E-state index contributed by atoms with van der Waals surface area (Å²) in [7, 11) is -4.07. The van der Waals surface area contributed by atoms with Crippen molar-refractivity contribution in [1.82, 2.24) is 0 Å². The number of rotatable bonds is 3. The van der Waals surface area contributed by atoms with Crippen molar-refractivity contribution in [1.29, 1.82) is 0 Å². The average Bonchev–Trinajstić information content (AvgIpc) is 1.59. The second kappa shape index (κ2) is 3.25. The van der Waals surface area contributed by atoms with Crippen LogP contribution in [-0.2, 0) is 21.2 Å². The molecule has 9 heavy (non-hydrogen) atoms. The average molecular weight is 174 g/mol. The van der Waals surface area contributed by atoms with Gasteiger partial charge in [0.1, 0.15) is 0 Å². The van der Waals surface area contributed by atoms with Crippen molar-refractivity contribution in [2.24, 2.45) is 0 Å². The molecule has 1 atom stereocenters. The van der Waals surface area contributed by atoms with E-state index in [1.165, 1.54) is 0 Å². The quantitative estimate of drug-likeness (QED) is 0.427. The summed E-state index contributed by atoms with van der Waals surface area (Å²) in [6.07, 6.45) is 0. The van der Waals surface area contributed by atoms with Crippen molar-refractivity contribution in [2.45, 2.75) is 0 Å². The van der Waals surface area contributed by atoms with Gasteiger partial charge in [0.15, 0.2) is 11.1 Å². The van der Waals surface area contributed by atoms with Gasteiger partial charge in [-0.2, -0.15) is 8.42 Å². The Kier molecular flexibility index (Phi) is 3.26. The predicted octanol–water partition coefficient (Wildman–Crippen LogP) is -0.904. The van der Waals surface area contributed by atoms with E-state index < -0.39 is 32.7 Å². The molecule has 0 aliphatic heterocycles. The van der Waals surface area contributed by atoms with Crippen LogP contribution in [0, 0.1) is 0 Å². The fourth-order valence-corrected chi connectivity index (χ4v) is 1.59. The summed E-state index contributed by atoms with van der Waals surface area (Å²) >= 11 is -2.15. The molecule has 5 nitrogen and oxygen atoms in total. The van der Waals surface area contributed by atoms with E-state index in [4.69, 9.17) is 9.11 Å². The van der Waals surface area contributed by atoms with E-state index in [2.05, 4.69) is 0 Å². The highest BCUT2D eigenvalue weighted by Crippen LogP contribution is 1.82. The Morgan fingerprint density at radius 3 is 2.00 bits per heavy atom. The van der Waals surface area contributed by atoms with Gasteiger partial charge in [-0.15, -0.1) is 0 Å². The van der Waals surface area contributed by atoms with E-state index in [1.807, 2.05) is 0 Å². The molecule has 2 N–H and O–H groups in total. The monoisotopic (exact) mass is 174 g/mol. The van der Waals surface area contributed by atoms with Crippen molar-refractivity contribution in [3.8, 4) is 0 Å². The smallest absolute Gasteiger partial charge is 0.265 e. The third-order valence-electron chi connectivity index (χ3n) is 0.516. The Morgan fingerprint density at radius 1 is 1.44 bits per heavy atom. The molecule has 0 saturated heterocycles. The highest BCUT2D eigenvalue weighted by molar-refractivity contribution is 7.87. The van der Waals surface area contributed by atoms with Gasteiger partial charge in [0.2, 0.25) is 0 Å². The molecule has 0 aromatic carbocycles. The van der Waals surface area contributed by atoms with Gasteiger partial charge in [-0.3, -0.25) is 4.55 Å². The topological polar surface area (TPSA) is 91.7 Å². The lowest BCUT2D eigenvalue weighted by atomic mass is 11.0. The summed E-state index contributed by atoms with van der Waals surface area (Å²) in [6.45, 7) is 0. The summed E-state index contributed by atoms with van der Waals surface area (Å²) in [6, 6.07) is 0. The Hall–Kier alpha value is 0.0200. The van der Waals surface area contributed by atoms with Crippen LogP contribution in [0.1, 0.15) is 0 Å². The van der Waals surface area contributed by atoms with Crippen LogP contribution in [0.4, 0.5) is 0 Å². The minimum Gasteiger partial charge on any atom is -0.306 e.